The molecule has 3 aromatic carbocycles. The maximum absolute atomic E-state index is 14.0. The van der Waals surface area contributed by atoms with Gasteiger partial charge >= 0.3 is 0 Å². The number of ether oxygens (including phenoxy) is 1. The number of hydrogen-bond donors (Lipinski definition) is 1. The van der Waals surface area contributed by atoms with Crippen molar-refractivity contribution in [3.63, 3.8) is 0 Å². The van der Waals surface area contributed by atoms with Gasteiger partial charge in [-0.15, -0.1) is 0 Å². The highest BCUT2D eigenvalue weighted by molar-refractivity contribution is 7.90. The fourth-order valence-corrected chi connectivity index (χ4v) is 5.83. The Morgan fingerprint density at radius 2 is 1.80 bits per heavy atom. The number of sulfone groups is 1. The van der Waals surface area contributed by atoms with Crippen LogP contribution in [0.2, 0.25) is 0 Å². The van der Waals surface area contributed by atoms with Crippen LogP contribution in [-0.4, -0.2) is 57.4 Å². The van der Waals surface area contributed by atoms with E-state index in [2.05, 4.69) is 40.9 Å². The minimum atomic E-state index is -3.17. The van der Waals surface area contributed by atoms with Crippen molar-refractivity contribution in [3.05, 3.63) is 88.9 Å². The number of amides is 1. The van der Waals surface area contributed by atoms with Gasteiger partial charge in [0, 0.05) is 59.4 Å². The van der Waals surface area contributed by atoms with E-state index in [1.807, 2.05) is 18.3 Å². The van der Waals surface area contributed by atoms with E-state index < -0.39 is 15.3 Å². The Morgan fingerprint density at radius 1 is 1.10 bits per heavy atom. The Labute approximate surface area is 233 Å². The smallest absolute Gasteiger partial charge is 0.251 e. The van der Waals surface area contributed by atoms with E-state index in [0.717, 1.165) is 50.8 Å². The number of methoxy groups -OCH3 is 1. The van der Waals surface area contributed by atoms with Gasteiger partial charge in [0.05, 0.1) is 24.4 Å². The molecule has 1 aliphatic rings. The zero-order valence-corrected chi connectivity index (χ0v) is 23.8. The van der Waals surface area contributed by atoms with E-state index in [0.29, 0.717) is 18.7 Å². The maximum atomic E-state index is 14.0. The topological polar surface area (TPSA) is 89.8 Å². The summed E-state index contributed by atoms with van der Waals surface area (Å²) in [5.41, 5.74) is 6.88. The summed E-state index contributed by atoms with van der Waals surface area (Å²) in [6.07, 6.45) is 3.02. The molecule has 0 saturated heterocycles. The number of nitrogens with zero attached hydrogens (tertiary/aromatic N) is 2. The fourth-order valence-electron chi connectivity index (χ4n) is 5.35. The molecule has 40 heavy (non-hydrogen) atoms. The number of hydrogen-bond acceptors (Lipinski definition) is 5. The van der Waals surface area contributed by atoms with Gasteiger partial charge in [0.25, 0.3) is 5.91 Å². The third-order valence-corrected chi connectivity index (χ3v) is 8.09. The summed E-state index contributed by atoms with van der Waals surface area (Å²) in [5, 5.41) is 3.70. The lowest BCUT2D eigenvalue weighted by molar-refractivity contribution is 0.0956. The first kappa shape index (κ1) is 27.7. The molecular weight excluding hydrogens is 529 g/mol. The molecule has 1 N–H and O–H groups in total. The maximum Gasteiger partial charge on any atom is 0.251 e. The number of benzene rings is 3. The first-order valence-corrected chi connectivity index (χ1v) is 15.1. The lowest BCUT2D eigenvalue weighted by Gasteiger charge is -2.28. The fraction of sp³-hybridized carbons (Fsp3) is 0.290. The molecule has 0 spiro atoms. The average Bonchev–Trinajstić information content (AvgIpc) is 3.49. The molecular formula is C31H32FN3O4S. The third-order valence-electron chi connectivity index (χ3n) is 7.15. The number of nitrogens with one attached hydrogen (secondary N) is 1. The number of halogens is 1. The number of aromatic nitrogens is 1. The lowest BCUT2D eigenvalue weighted by atomic mass is 9.84. The van der Waals surface area contributed by atoms with Gasteiger partial charge in [-0.25, -0.2) is 12.8 Å². The van der Waals surface area contributed by atoms with E-state index in [4.69, 9.17) is 4.74 Å². The molecule has 0 saturated carbocycles. The van der Waals surface area contributed by atoms with Crippen LogP contribution in [0.25, 0.3) is 27.7 Å². The molecule has 0 aliphatic carbocycles. The van der Waals surface area contributed by atoms with Crippen LogP contribution in [0.5, 0.6) is 0 Å². The molecule has 7 nitrogen and oxygen atoms in total. The predicted molar refractivity (Wildman–Crippen MR) is 157 cm³/mol. The zero-order valence-electron chi connectivity index (χ0n) is 23.0. The molecule has 0 fully saturated rings. The standard InChI is InChI=1S/C31H32FN3O4S/c1-31(2,19-39-3)29-28(20-5-7-21(8-6-20)30(36)34-13-14-40(4,37)38)26-15-22-17-33-18-23(22)16-27(26)35(29)25-11-9-24(32)10-12-25/h5-12,15-16,18H,13-14,17,19H2,1-4H3,(H,34,36). The van der Waals surface area contributed by atoms with E-state index in [9.17, 15) is 17.6 Å². The number of fused-ring (bicyclic) bond motifs is 2. The Bertz CT molecular complexity index is 1720. The normalized spacial score (nSPS) is 13.1. The summed E-state index contributed by atoms with van der Waals surface area (Å²) in [7, 11) is -1.50. The van der Waals surface area contributed by atoms with E-state index in [1.54, 1.807) is 31.4 Å². The number of rotatable bonds is 9. The molecule has 1 amide bonds. The molecule has 1 aromatic heterocycles. The summed E-state index contributed by atoms with van der Waals surface area (Å²) >= 11 is 0. The number of carbonyl (C=O) groups is 1. The predicted octanol–water partition coefficient (Wildman–Crippen LogP) is 5.07. The zero-order chi connectivity index (χ0) is 28.7. The second-order valence-corrected chi connectivity index (χ2v) is 13.1. The van der Waals surface area contributed by atoms with E-state index in [-0.39, 0.29) is 24.0 Å². The van der Waals surface area contributed by atoms with Crippen LogP contribution in [0.4, 0.5) is 4.39 Å². The molecule has 208 valence electrons. The second kappa shape index (κ2) is 10.6. The van der Waals surface area contributed by atoms with Crippen LogP contribution in [0, 0.1) is 5.82 Å². The molecule has 0 atom stereocenters. The van der Waals surface area contributed by atoms with E-state index >= 15 is 0 Å². The van der Waals surface area contributed by atoms with Crippen LogP contribution in [-0.2, 0) is 26.5 Å². The molecule has 0 unspecified atom stereocenters. The van der Waals surface area contributed by atoms with Crippen LogP contribution in [0.15, 0.2) is 65.7 Å². The van der Waals surface area contributed by atoms with Crippen molar-refractivity contribution < 1.29 is 22.3 Å². The quantitative estimate of drug-likeness (QED) is 0.309. The first-order valence-electron chi connectivity index (χ1n) is 13.0. The summed E-state index contributed by atoms with van der Waals surface area (Å²) in [6, 6.07) is 18.1. The molecule has 2 heterocycles. The lowest BCUT2D eigenvalue weighted by Crippen LogP contribution is -2.28. The van der Waals surface area contributed by atoms with Crippen molar-refractivity contribution in [1.82, 2.24) is 9.88 Å². The van der Waals surface area contributed by atoms with Gasteiger partial charge in [-0.1, -0.05) is 26.0 Å². The van der Waals surface area contributed by atoms with Gasteiger partial charge in [-0.05, 0) is 65.2 Å². The summed E-state index contributed by atoms with van der Waals surface area (Å²) in [6.45, 7) is 5.34. The number of aliphatic imine (C=N–C) groups is 1. The van der Waals surface area contributed by atoms with Crippen molar-refractivity contribution >= 4 is 32.9 Å². The second-order valence-electron chi connectivity index (χ2n) is 10.9. The summed E-state index contributed by atoms with van der Waals surface area (Å²) in [5.74, 6) is -0.762. The van der Waals surface area contributed by atoms with Gasteiger partial charge < -0.3 is 14.6 Å². The van der Waals surface area contributed by atoms with Gasteiger partial charge in [-0.2, -0.15) is 0 Å². The highest BCUT2D eigenvalue weighted by Crippen LogP contribution is 2.44. The van der Waals surface area contributed by atoms with Crippen molar-refractivity contribution in [2.45, 2.75) is 25.8 Å². The van der Waals surface area contributed by atoms with Crippen LogP contribution in [0.1, 0.15) is 41.0 Å². The van der Waals surface area contributed by atoms with Gasteiger partial charge in [0.2, 0.25) is 0 Å². The molecule has 0 bridgehead atoms. The molecule has 9 heteroatoms. The Balaban J connectivity index is 1.69. The van der Waals surface area contributed by atoms with Crippen molar-refractivity contribution in [2.24, 2.45) is 4.99 Å². The highest BCUT2D eigenvalue weighted by atomic mass is 32.2. The SMILES string of the molecule is COCC(C)(C)c1c(-c2ccc(C(=O)NCCS(C)(=O)=O)cc2)c2cc3c(cc2n1-c1ccc(F)cc1)C=NC3. The van der Waals surface area contributed by atoms with Crippen LogP contribution < -0.4 is 5.32 Å². The third kappa shape index (κ3) is 5.44. The molecule has 1 aliphatic heterocycles. The Kier molecular flexibility index (Phi) is 7.37. The number of carbonyl (C=O) groups excluding carboxylic acids is 1. The summed E-state index contributed by atoms with van der Waals surface area (Å²) in [4.78, 5) is 17.1. The van der Waals surface area contributed by atoms with Crippen molar-refractivity contribution in [2.75, 3.05) is 32.3 Å². The minimum Gasteiger partial charge on any atom is -0.384 e. The Hall–Kier alpha value is -3.82. The van der Waals surface area contributed by atoms with Crippen molar-refractivity contribution in [1.29, 1.82) is 0 Å². The molecule has 0 radical (unpaired) electrons. The first-order chi connectivity index (χ1) is 19.0. The van der Waals surface area contributed by atoms with Crippen LogP contribution >= 0.6 is 0 Å². The summed E-state index contributed by atoms with van der Waals surface area (Å²) < 4.78 is 44.6. The minimum absolute atomic E-state index is 0.0487. The monoisotopic (exact) mass is 561 g/mol. The van der Waals surface area contributed by atoms with Crippen molar-refractivity contribution in [3.8, 4) is 16.8 Å². The highest BCUT2D eigenvalue weighted by Gasteiger charge is 2.32. The van der Waals surface area contributed by atoms with Gasteiger partial charge in [0.15, 0.2) is 0 Å². The average molecular weight is 562 g/mol. The Morgan fingerprint density at radius 3 is 2.45 bits per heavy atom. The molecule has 4 aromatic rings. The van der Waals surface area contributed by atoms with Gasteiger partial charge in [0.1, 0.15) is 15.7 Å². The largest absolute Gasteiger partial charge is 0.384 e. The van der Waals surface area contributed by atoms with E-state index in [1.165, 1.54) is 12.1 Å². The molecule has 5 rings (SSSR count). The van der Waals surface area contributed by atoms with Crippen LogP contribution in [0.3, 0.4) is 0 Å². The van der Waals surface area contributed by atoms with Gasteiger partial charge in [-0.3, -0.25) is 9.79 Å².